The Balaban J connectivity index is 1.90. The van der Waals surface area contributed by atoms with Crippen LogP contribution in [-0.2, 0) is 0 Å². The minimum atomic E-state index is -0.289. The Morgan fingerprint density at radius 1 is 0.900 bits per heavy atom. The van der Waals surface area contributed by atoms with E-state index in [1.54, 1.807) is 44.6 Å². The van der Waals surface area contributed by atoms with Gasteiger partial charge in [0.05, 0.1) is 30.3 Å². The van der Waals surface area contributed by atoms with Crippen molar-refractivity contribution in [1.29, 1.82) is 0 Å². The van der Waals surface area contributed by atoms with Crippen molar-refractivity contribution in [2.24, 2.45) is 0 Å². The van der Waals surface area contributed by atoms with Crippen molar-refractivity contribution in [3.05, 3.63) is 87.4 Å². The van der Waals surface area contributed by atoms with Crippen LogP contribution in [0.3, 0.4) is 0 Å². The molecule has 0 heterocycles. The number of aryl methyl sites for hydroxylation is 1. The highest BCUT2D eigenvalue weighted by molar-refractivity contribution is 6.42. The third-order valence-electron chi connectivity index (χ3n) is 4.83. The van der Waals surface area contributed by atoms with Gasteiger partial charge in [-0.25, -0.2) is 0 Å². The molecule has 3 aromatic carbocycles. The van der Waals surface area contributed by atoms with Gasteiger partial charge in [0.2, 0.25) is 0 Å². The number of ether oxygens (including phenoxy) is 2. The number of ketones is 1. The highest BCUT2D eigenvalue weighted by Gasteiger charge is 2.20. The van der Waals surface area contributed by atoms with E-state index in [1.807, 2.05) is 37.3 Å². The maximum atomic E-state index is 13.1. The molecule has 6 heteroatoms. The van der Waals surface area contributed by atoms with Crippen LogP contribution < -0.4 is 14.8 Å². The molecule has 1 unspecified atom stereocenters. The van der Waals surface area contributed by atoms with Crippen molar-refractivity contribution < 1.29 is 14.3 Å². The number of carbonyl (C=O) groups is 1. The van der Waals surface area contributed by atoms with Gasteiger partial charge in [-0.1, -0.05) is 47.0 Å². The molecule has 30 heavy (non-hydrogen) atoms. The van der Waals surface area contributed by atoms with Crippen LogP contribution >= 0.6 is 23.2 Å². The van der Waals surface area contributed by atoms with Gasteiger partial charge in [0, 0.05) is 17.7 Å². The Kier molecular flexibility index (Phi) is 7.24. The second-order valence-electron chi connectivity index (χ2n) is 6.93. The van der Waals surface area contributed by atoms with Crippen LogP contribution in [0.25, 0.3) is 0 Å². The van der Waals surface area contributed by atoms with Gasteiger partial charge in [-0.05, 0) is 55.0 Å². The van der Waals surface area contributed by atoms with Gasteiger partial charge in [0.1, 0.15) is 0 Å². The molecule has 1 N–H and O–H groups in total. The van der Waals surface area contributed by atoms with Crippen molar-refractivity contribution in [2.45, 2.75) is 19.4 Å². The number of methoxy groups -OCH3 is 2. The largest absolute Gasteiger partial charge is 0.493 e. The molecule has 0 saturated heterocycles. The molecule has 0 aliphatic carbocycles. The average Bonchev–Trinajstić information content (AvgIpc) is 2.76. The molecular weight excluding hydrogens is 421 g/mol. The number of hydrogen-bond donors (Lipinski definition) is 1. The lowest BCUT2D eigenvalue weighted by atomic mass is 9.97. The van der Waals surface area contributed by atoms with E-state index in [9.17, 15) is 4.79 Å². The fourth-order valence-corrected chi connectivity index (χ4v) is 3.45. The molecule has 0 fully saturated rings. The number of anilines is 1. The Morgan fingerprint density at radius 2 is 1.60 bits per heavy atom. The summed E-state index contributed by atoms with van der Waals surface area (Å²) in [5.41, 5.74) is 3.49. The van der Waals surface area contributed by atoms with E-state index < -0.39 is 0 Å². The predicted molar refractivity (Wildman–Crippen MR) is 122 cm³/mol. The van der Waals surface area contributed by atoms with Crippen LogP contribution in [0.2, 0.25) is 10.0 Å². The van der Waals surface area contributed by atoms with E-state index in [0.29, 0.717) is 27.1 Å². The molecule has 3 rings (SSSR count). The Bertz CT molecular complexity index is 1040. The summed E-state index contributed by atoms with van der Waals surface area (Å²) in [4.78, 5) is 13.1. The van der Waals surface area contributed by atoms with Crippen LogP contribution in [0.15, 0.2) is 60.7 Å². The van der Waals surface area contributed by atoms with Gasteiger partial charge in [0.15, 0.2) is 17.3 Å². The van der Waals surface area contributed by atoms with Crippen molar-refractivity contribution in [3.8, 4) is 11.5 Å². The summed E-state index contributed by atoms with van der Waals surface area (Å²) in [6.07, 6.45) is 0.224. The number of nitrogens with one attached hydrogen (secondary N) is 1. The standard InChI is InChI=1S/C24H23Cl2NO3/c1-15-4-8-18(9-5-15)27-21(16-6-10-19(25)20(26)12-16)14-22(28)17-7-11-23(29-2)24(13-17)30-3/h4-13,21,27H,14H2,1-3H3. The average molecular weight is 444 g/mol. The first kappa shape index (κ1) is 22.0. The number of rotatable bonds is 8. The number of carbonyl (C=O) groups excluding carboxylic acids is 1. The van der Waals surface area contributed by atoms with E-state index >= 15 is 0 Å². The van der Waals surface area contributed by atoms with Gasteiger partial charge >= 0.3 is 0 Å². The van der Waals surface area contributed by atoms with Crippen molar-refractivity contribution >= 4 is 34.7 Å². The van der Waals surface area contributed by atoms with Gasteiger partial charge in [-0.3, -0.25) is 4.79 Å². The van der Waals surface area contributed by atoms with Crippen molar-refractivity contribution in [3.63, 3.8) is 0 Å². The molecule has 156 valence electrons. The number of Topliss-reactive ketones (excluding diaryl/α,β-unsaturated/α-hetero) is 1. The molecule has 4 nitrogen and oxygen atoms in total. The van der Waals surface area contributed by atoms with Crippen LogP contribution in [0, 0.1) is 6.92 Å². The van der Waals surface area contributed by atoms with E-state index in [4.69, 9.17) is 32.7 Å². The summed E-state index contributed by atoms with van der Waals surface area (Å²) in [5, 5.41) is 4.36. The summed E-state index contributed by atoms with van der Waals surface area (Å²) in [6, 6.07) is 18.3. The van der Waals surface area contributed by atoms with Crippen LogP contribution in [0.1, 0.15) is 33.9 Å². The Hall–Kier alpha value is -2.69. The molecule has 0 amide bonds. The highest BCUT2D eigenvalue weighted by Crippen LogP contribution is 2.32. The predicted octanol–water partition coefficient (Wildman–Crippen LogP) is 6.75. The van der Waals surface area contributed by atoms with E-state index in [0.717, 1.165) is 16.8 Å². The van der Waals surface area contributed by atoms with Crippen LogP contribution in [-0.4, -0.2) is 20.0 Å². The first-order chi connectivity index (χ1) is 14.4. The molecule has 0 bridgehead atoms. The second-order valence-corrected chi connectivity index (χ2v) is 7.75. The van der Waals surface area contributed by atoms with Crippen molar-refractivity contribution in [1.82, 2.24) is 0 Å². The summed E-state index contributed by atoms with van der Waals surface area (Å²) in [7, 11) is 3.11. The molecule has 0 aliphatic rings. The van der Waals surface area contributed by atoms with Gasteiger partial charge in [-0.15, -0.1) is 0 Å². The fraction of sp³-hybridized carbons (Fsp3) is 0.208. The van der Waals surface area contributed by atoms with Crippen molar-refractivity contribution in [2.75, 3.05) is 19.5 Å². The molecule has 0 spiro atoms. The summed E-state index contributed by atoms with van der Waals surface area (Å²) in [6.45, 7) is 2.03. The molecule has 1 atom stereocenters. The van der Waals surface area contributed by atoms with Crippen LogP contribution in [0.4, 0.5) is 5.69 Å². The highest BCUT2D eigenvalue weighted by atomic mass is 35.5. The van der Waals surface area contributed by atoms with E-state index in [2.05, 4.69) is 5.32 Å². The number of halogens is 2. The summed E-state index contributed by atoms with van der Waals surface area (Å²) in [5.74, 6) is 1.06. The molecular formula is C24H23Cl2NO3. The molecule has 0 radical (unpaired) electrons. The van der Waals surface area contributed by atoms with Gasteiger partial charge in [0.25, 0.3) is 0 Å². The topological polar surface area (TPSA) is 47.6 Å². The first-order valence-electron chi connectivity index (χ1n) is 9.44. The minimum absolute atomic E-state index is 0.0355. The van der Waals surface area contributed by atoms with E-state index in [1.165, 1.54) is 0 Å². The number of benzene rings is 3. The SMILES string of the molecule is COc1ccc(C(=O)CC(Nc2ccc(C)cc2)c2ccc(Cl)c(Cl)c2)cc1OC. The van der Waals surface area contributed by atoms with Gasteiger partial charge in [-0.2, -0.15) is 0 Å². The lowest BCUT2D eigenvalue weighted by Gasteiger charge is -2.21. The lowest BCUT2D eigenvalue weighted by Crippen LogP contribution is -2.16. The zero-order valence-electron chi connectivity index (χ0n) is 17.0. The monoisotopic (exact) mass is 443 g/mol. The lowest BCUT2D eigenvalue weighted by molar-refractivity contribution is 0.0976. The molecule has 0 aliphatic heterocycles. The maximum Gasteiger partial charge on any atom is 0.165 e. The number of hydrogen-bond acceptors (Lipinski definition) is 4. The minimum Gasteiger partial charge on any atom is -0.493 e. The fourth-order valence-electron chi connectivity index (χ4n) is 3.15. The third-order valence-corrected chi connectivity index (χ3v) is 5.57. The second kappa shape index (κ2) is 9.88. The van der Waals surface area contributed by atoms with Gasteiger partial charge < -0.3 is 14.8 Å². The summed E-state index contributed by atoms with van der Waals surface area (Å²) >= 11 is 12.3. The Labute approximate surface area is 186 Å². The quantitative estimate of drug-likeness (QED) is 0.391. The maximum absolute atomic E-state index is 13.1. The zero-order chi connectivity index (χ0) is 21.7. The Morgan fingerprint density at radius 3 is 2.23 bits per heavy atom. The molecule has 3 aromatic rings. The van der Waals surface area contributed by atoms with Crippen LogP contribution in [0.5, 0.6) is 11.5 Å². The molecule has 0 saturated carbocycles. The zero-order valence-corrected chi connectivity index (χ0v) is 18.6. The third kappa shape index (κ3) is 5.26. The normalized spacial score (nSPS) is 11.6. The molecule has 0 aromatic heterocycles. The smallest absolute Gasteiger partial charge is 0.165 e. The summed E-state index contributed by atoms with van der Waals surface area (Å²) < 4.78 is 10.6. The first-order valence-corrected chi connectivity index (χ1v) is 10.2. The van der Waals surface area contributed by atoms with E-state index in [-0.39, 0.29) is 18.2 Å².